The summed E-state index contributed by atoms with van der Waals surface area (Å²) in [5.41, 5.74) is 7.84. The van der Waals surface area contributed by atoms with Gasteiger partial charge in [-0.15, -0.1) is 0 Å². The Morgan fingerprint density at radius 3 is 2.77 bits per heavy atom. The van der Waals surface area contributed by atoms with Crippen molar-refractivity contribution in [3.8, 4) is 0 Å². The summed E-state index contributed by atoms with van der Waals surface area (Å²) in [6.07, 6.45) is 11.7. The molecular weight excluding hydrogens is 320 g/mol. The van der Waals surface area contributed by atoms with Gasteiger partial charge in [0.05, 0.1) is 0 Å². The van der Waals surface area contributed by atoms with Crippen molar-refractivity contribution < 1.29 is 4.79 Å². The molecule has 0 saturated carbocycles. The van der Waals surface area contributed by atoms with Gasteiger partial charge in [0, 0.05) is 35.8 Å². The first-order chi connectivity index (χ1) is 12.5. The van der Waals surface area contributed by atoms with Crippen molar-refractivity contribution in [1.82, 2.24) is 4.98 Å². The van der Waals surface area contributed by atoms with E-state index in [0.717, 1.165) is 22.5 Å². The minimum absolute atomic E-state index is 0.0264. The third-order valence-electron chi connectivity index (χ3n) is 4.88. The fraction of sp³-hybridized carbons (Fsp3) is 0.130. The number of likely N-dealkylation sites (N-methyl/N-ethyl adjacent to an activating group) is 1. The van der Waals surface area contributed by atoms with Crippen LogP contribution in [0.3, 0.4) is 0 Å². The molecule has 2 aromatic rings. The zero-order valence-electron chi connectivity index (χ0n) is 15.2. The Hall–Kier alpha value is -3.20. The third kappa shape index (κ3) is 2.72. The van der Waals surface area contributed by atoms with Crippen molar-refractivity contribution in [3.05, 3.63) is 94.5 Å². The number of anilines is 1. The molecule has 0 radical (unpaired) electrons. The molecule has 128 valence electrons. The first-order valence-corrected chi connectivity index (χ1v) is 8.67. The molecule has 1 aromatic carbocycles. The van der Waals surface area contributed by atoms with E-state index in [-0.39, 0.29) is 5.78 Å². The zero-order chi connectivity index (χ0) is 18.3. The highest BCUT2D eigenvalue weighted by Crippen LogP contribution is 2.31. The number of rotatable bonds is 1. The number of hydrogen-bond donors (Lipinski definition) is 0. The Bertz CT molecular complexity index is 1040. The summed E-state index contributed by atoms with van der Waals surface area (Å²) >= 11 is 0. The van der Waals surface area contributed by atoms with Crippen LogP contribution in [0.2, 0.25) is 0 Å². The van der Waals surface area contributed by atoms with E-state index in [1.807, 2.05) is 44.3 Å². The number of carbonyl (C=O) groups is 1. The highest BCUT2D eigenvalue weighted by molar-refractivity contribution is 6.15. The molecule has 1 aliphatic carbocycles. The largest absolute Gasteiger partial charge is 0.344 e. The number of carbonyl (C=O) groups excluding carboxylic acids is 1. The molecule has 0 bridgehead atoms. The second-order valence-corrected chi connectivity index (χ2v) is 6.72. The van der Waals surface area contributed by atoms with Crippen molar-refractivity contribution in [2.45, 2.75) is 13.8 Å². The van der Waals surface area contributed by atoms with Crippen LogP contribution in [0.25, 0.3) is 11.6 Å². The van der Waals surface area contributed by atoms with Crippen LogP contribution in [-0.2, 0) is 0 Å². The Morgan fingerprint density at radius 2 is 1.92 bits per heavy atom. The summed E-state index contributed by atoms with van der Waals surface area (Å²) in [6.45, 7) is 4.11. The molecular formula is C23H20N2O. The minimum atomic E-state index is -0.0264. The van der Waals surface area contributed by atoms with E-state index in [1.165, 1.54) is 11.1 Å². The van der Waals surface area contributed by atoms with Gasteiger partial charge in [-0.2, -0.15) is 0 Å². The number of hydrogen-bond acceptors (Lipinski definition) is 3. The van der Waals surface area contributed by atoms with Gasteiger partial charge in [0.2, 0.25) is 5.78 Å². The van der Waals surface area contributed by atoms with E-state index in [4.69, 9.17) is 0 Å². The molecule has 0 unspecified atom stereocenters. The molecule has 2 aliphatic rings. The molecule has 0 amide bonds. The summed E-state index contributed by atoms with van der Waals surface area (Å²) < 4.78 is 0. The number of ketones is 1. The number of allylic oxidation sites excluding steroid dienone is 6. The molecule has 3 nitrogen and oxygen atoms in total. The molecule has 2 heterocycles. The quantitative estimate of drug-likeness (QED) is 0.688. The van der Waals surface area contributed by atoms with E-state index < -0.39 is 0 Å². The van der Waals surface area contributed by atoms with Gasteiger partial charge < -0.3 is 4.90 Å². The molecule has 0 spiro atoms. The first kappa shape index (κ1) is 16.3. The van der Waals surface area contributed by atoms with Crippen LogP contribution in [0.15, 0.2) is 72.1 Å². The molecule has 0 fully saturated rings. The van der Waals surface area contributed by atoms with Crippen LogP contribution in [0, 0.1) is 6.92 Å². The number of aryl methyl sites for hydroxylation is 1. The normalized spacial score (nSPS) is 18.8. The Morgan fingerprint density at radius 1 is 1.08 bits per heavy atom. The lowest BCUT2D eigenvalue weighted by Crippen LogP contribution is -2.18. The lowest BCUT2D eigenvalue weighted by atomic mass is 9.91. The maximum absolute atomic E-state index is 12.7. The second kappa shape index (κ2) is 6.26. The molecule has 1 aromatic heterocycles. The van der Waals surface area contributed by atoms with Crippen LogP contribution in [-0.4, -0.2) is 17.8 Å². The number of aromatic nitrogens is 1. The predicted octanol–water partition coefficient (Wildman–Crippen LogP) is 4.96. The topological polar surface area (TPSA) is 33.2 Å². The van der Waals surface area contributed by atoms with Crippen LogP contribution >= 0.6 is 0 Å². The molecule has 3 heteroatoms. The van der Waals surface area contributed by atoms with Crippen molar-refractivity contribution in [3.63, 3.8) is 0 Å². The number of nitrogens with zero attached hydrogens (tertiary/aromatic N) is 2. The average Bonchev–Trinajstić information content (AvgIpc) is 2.65. The van der Waals surface area contributed by atoms with Gasteiger partial charge in [-0.05, 0) is 67.5 Å². The van der Waals surface area contributed by atoms with Crippen molar-refractivity contribution in [2.75, 3.05) is 11.9 Å². The van der Waals surface area contributed by atoms with E-state index in [0.29, 0.717) is 11.3 Å². The summed E-state index contributed by atoms with van der Waals surface area (Å²) in [6, 6.07) is 10.2. The van der Waals surface area contributed by atoms with E-state index in [9.17, 15) is 4.79 Å². The second-order valence-electron chi connectivity index (χ2n) is 6.72. The molecule has 4 rings (SSSR count). The van der Waals surface area contributed by atoms with Gasteiger partial charge in [0.25, 0.3) is 0 Å². The van der Waals surface area contributed by atoms with Crippen molar-refractivity contribution >= 4 is 23.1 Å². The standard InChI is InChI=1S/C23H20N2O/c1-15-6-11-21-17(13-15)7-9-19(25(21)3)10-8-18-14-16(2)20-5-4-12-24-22(20)23(18)26/h4-14H,1-3H3/b18-8+,19-10+. The zero-order valence-corrected chi connectivity index (χ0v) is 15.2. The molecule has 26 heavy (non-hydrogen) atoms. The fourth-order valence-corrected chi connectivity index (χ4v) is 3.42. The molecule has 0 saturated heterocycles. The Balaban J connectivity index is 1.70. The van der Waals surface area contributed by atoms with Gasteiger partial charge in [-0.25, -0.2) is 0 Å². The molecule has 0 N–H and O–H groups in total. The number of fused-ring (bicyclic) bond motifs is 2. The Labute approximate surface area is 153 Å². The maximum atomic E-state index is 12.7. The van der Waals surface area contributed by atoms with Crippen LogP contribution in [0.1, 0.15) is 34.1 Å². The highest BCUT2D eigenvalue weighted by atomic mass is 16.1. The van der Waals surface area contributed by atoms with Gasteiger partial charge in [-0.3, -0.25) is 9.78 Å². The van der Waals surface area contributed by atoms with Gasteiger partial charge in [0.15, 0.2) is 0 Å². The van der Waals surface area contributed by atoms with E-state index >= 15 is 0 Å². The number of benzene rings is 1. The van der Waals surface area contributed by atoms with Gasteiger partial charge >= 0.3 is 0 Å². The fourth-order valence-electron chi connectivity index (χ4n) is 3.42. The maximum Gasteiger partial charge on any atom is 0.211 e. The van der Waals surface area contributed by atoms with E-state index in [1.54, 1.807) is 6.20 Å². The highest BCUT2D eigenvalue weighted by Gasteiger charge is 2.22. The summed E-state index contributed by atoms with van der Waals surface area (Å²) in [5.74, 6) is -0.0264. The van der Waals surface area contributed by atoms with Crippen molar-refractivity contribution in [2.24, 2.45) is 0 Å². The smallest absolute Gasteiger partial charge is 0.211 e. The lowest BCUT2D eigenvalue weighted by molar-refractivity contribution is 0.103. The minimum Gasteiger partial charge on any atom is -0.344 e. The van der Waals surface area contributed by atoms with E-state index in [2.05, 4.69) is 47.2 Å². The first-order valence-electron chi connectivity index (χ1n) is 8.67. The van der Waals surface area contributed by atoms with Crippen LogP contribution < -0.4 is 4.90 Å². The number of pyridine rings is 1. The molecule has 0 atom stereocenters. The third-order valence-corrected chi connectivity index (χ3v) is 4.88. The average molecular weight is 340 g/mol. The van der Waals surface area contributed by atoms with Crippen LogP contribution in [0.4, 0.5) is 5.69 Å². The number of Topliss-reactive ketones (excluding diaryl/α,β-unsaturated/α-hetero) is 1. The van der Waals surface area contributed by atoms with Gasteiger partial charge in [0.1, 0.15) is 5.69 Å². The predicted molar refractivity (Wildman–Crippen MR) is 107 cm³/mol. The van der Waals surface area contributed by atoms with Crippen LogP contribution in [0.5, 0.6) is 0 Å². The summed E-state index contributed by atoms with van der Waals surface area (Å²) in [7, 11) is 2.04. The van der Waals surface area contributed by atoms with Crippen molar-refractivity contribution in [1.29, 1.82) is 0 Å². The monoisotopic (exact) mass is 340 g/mol. The summed E-state index contributed by atoms with van der Waals surface area (Å²) in [5, 5.41) is 0. The SMILES string of the molecule is CC1=C/C(=C\C=C2/C=Cc3cc(C)ccc3N2C)C(=O)c2ncccc21. The molecule has 1 aliphatic heterocycles. The lowest BCUT2D eigenvalue weighted by Gasteiger charge is -2.26. The summed E-state index contributed by atoms with van der Waals surface area (Å²) in [4.78, 5) is 19.1. The van der Waals surface area contributed by atoms with Gasteiger partial charge in [-0.1, -0.05) is 23.8 Å². The Kier molecular flexibility index (Phi) is 3.92.